The van der Waals surface area contributed by atoms with E-state index in [9.17, 15) is 5.26 Å². The smallest absolute Gasteiger partial charge is 0.110 e. The Morgan fingerprint density at radius 1 is 1.04 bits per heavy atom. The third kappa shape index (κ3) is 2.96. The summed E-state index contributed by atoms with van der Waals surface area (Å²) >= 11 is 0. The highest BCUT2D eigenvalue weighted by molar-refractivity contribution is 5.47. The molecule has 0 unspecified atom stereocenters. The highest BCUT2D eigenvalue weighted by Crippen LogP contribution is 2.49. The molecule has 0 aliphatic heterocycles. The monoisotopic (exact) mass is 355 g/mol. The van der Waals surface area contributed by atoms with E-state index in [1.54, 1.807) is 0 Å². The molecule has 0 amide bonds. The van der Waals surface area contributed by atoms with E-state index in [1.807, 2.05) is 42.6 Å². The summed E-state index contributed by atoms with van der Waals surface area (Å²) in [6.45, 7) is 2.15. The van der Waals surface area contributed by atoms with Crippen molar-refractivity contribution in [3.8, 4) is 6.07 Å². The predicted molar refractivity (Wildman–Crippen MR) is 107 cm³/mol. The number of nitrogens with zero attached hydrogens (tertiary/aromatic N) is 3. The lowest BCUT2D eigenvalue weighted by Gasteiger charge is -2.34. The Bertz CT molecular complexity index is 882. The molecule has 0 spiro atoms. The second-order valence-corrected chi connectivity index (χ2v) is 7.42. The zero-order valence-corrected chi connectivity index (χ0v) is 15.8. The van der Waals surface area contributed by atoms with E-state index in [-0.39, 0.29) is 5.92 Å². The van der Waals surface area contributed by atoms with Gasteiger partial charge in [-0.15, -0.1) is 0 Å². The zero-order chi connectivity index (χ0) is 18.7. The maximum atomic E-state index is 10.5. The predicted octanol–water partition coefficient (Wildman–Crippen LogP) is 5.30. The van der Waals surface area contributed by atoms with Crippen molar-refractivity contribution in [1.82, 2.24) is 9.55 Å². The molecule has 3 nitrogen and oxygen atoms in total. The molecule has 0 radical (unpaired) electrons. The van der Waals surface area contributed by atoms with Gasteiger partial charge in [0.2, 0.25) is 0 Å². The molecule has 1 aromatic heterocycles. The van der Waals surface area contributed by atoms with Crippen molar-refractivity contribution in [1.29, 1.82) is 5.26 Å². The second kappa shape index (κ2) is 7.40. The van der Waals surface area contributed by atoms with Gasteiger partial charge >= 0.3 is 0 Å². The molecular formula is C24H25N3. The number of nitriles is 1. The van der Waals surface area contributed by atoms with Gasteiger partial charge in [0.1, 0.15) is 11.2 Å². The number of imidazole rings is 1. The van der Waals surface area contributed by atoms with E-state index in [1.165, 1.54) is 0 Å². The minimum Gasteiger partial charge on any atom is -0.332 e. The number of rotatable bonds is 5. The quantitative estimate of drug-likeness (QED) is 0.623. The van der Waals surface area contributed by atoms with Crippen molar-refractivity contribution in [3.05, 3.63) is 90.0 Å². The van der Waals surface area contributed by atoms with Crippen LogP contribution in [0.1, 0.15) is 49.2 Å². The van der Waals surface area contributed by atoms with E-state index in [0.717, 1.165) is 42.6 Å². The highest BCUT2D eigenvalue weighted by Gasteiger charge is 2.46. The Kier molecular flexibility index (Phi) is 4.81. The third-order valence-corrected chi connectivity index (χ3v) is 6.11. The zero-order valence-electron chi connectivity index (χ0n) is 15.8. The van der Waals surface area contributed by atoms with Crippen LogP contribution >= 0.6 is 0 Å². The maximum Gasteiger partial charge on any atom is 0.110 e. The molecule has 4 rings (SSSR count). The molecule has 3 aromatic rings. The first-order valence-electron chi connectivity index (χ1n) is 9.83. The Balaban J connectivity index is 1.76. The van der Waals surface area contributed by atoms with Crippen molar-refractivity contribution in [3.63, 3.8) is 0 Å². The Morgan fingerprint density at radius 3 is 2.22 bits per heavy atom. The van der Waals surface area contributed by atoms with E-state index in [2.05, 4.69) is 53.0 Å². The van der Waals surface area contributed by atoms with Crippen LogP contribution in [0.5, 0.6) is 0 Å². The lowest BCUT2D eigenvalue weighted by atomic mass is 9.66. The van der Waals surface area contributed by atoms with Crippen LogP contribution in [-0.4, -0.2) is 9.55 Å². The van der Waals surface area contributed by atoms with Crippen LogP contribution in [0, 0.1) is 17.2 Å². The molecule has 2 atom stereocenters. The lowest BCUT2D eigenvalue weighted by Crippen LogP contribution is -2.34. The van der Waals surface area contributed by atoms with Crippen molar-refractivity contribution >= 4 is 0 Å². The van der Waals surface area contributed by atoms with Gasteiger partial charge in [-0.25, -0.2) is 4.98 Å². The average Bonchev–Trinajstić information content (AvgIpc) is 3.40. The summed E-state index contributed by atoms with van der Waals surface area (Å²) in [5.74, 6) is 1.42. The van der Waals surface area contributed by atoms with Gasteiger partial charge in [0, 0.05) is 24.9 Å². The fraction of sp³-hybridized carbons (Fsp3) is 0.333. The topological polar surface area (TPSA) is 41.6 Å². The summed E-state index contributed by atoms with van der Waals surface area (Å²) in [6, 6.07) is 23.8. The van der Waals surface area contributed by atoms with Gasteiger partial charge in [0.05, 0.1) is 6.07 Å². The SMILES string of the molecule is CCc1nccn1[C@@H]1CC[C@H](C(C#N)(c2ccccc2)c2ccccc2)C1. The first-order chi connectivity index (χ1) is 13.3. The maximum absolute atomic E-state index is 10.5. The number of hydrogen-bond donors (Lipinski definition) is 0. The minimum atomic E-state index is -0.607. The first-order valence-corrected chi connectivity index (χ1v) is 9.83. The van der Waals surface area contributed by atoms with Crippen LogP contribution in [0.3, 0.4) is 0 Å². The summed E-state index contributed by atoms with van der Waals surface area (Å²) in [5.41, 5.74) is 1.60. The van der Waals surface area contributed by atoms with Gasteiger partial charge in [-0.3, -0.25) is 0 Å². The lowest BCUT2D eigenvalue weighted by molar-refractivity contribution is 0.379. The Morgan fingerprint density at radius 2 is 1.67 bits per heavy atom. The molecule has 136 valence electrons. The molecule has 1 fully saturated rings. The molecular weight excluding hydrogens is 330 g/mol. The average molecular weight is 355 g/mol. The van der Waals surface area contributed by atoms with E-state index in [0.29, 0.717) is 6.04 Å². The molecule has 27 heavy (non-hydrogen) atoms. The van der Waals surface area contributed by atoms with Gasteiger partial charge in [-0.2, -0.15) is 5.26 Å². The van der Waals surface area contributed by atoms with Crippen LogP contribution in [0.15, 0.2) is 73.1 Å². The molecule has 1 aliphatic rings. The number of benzene rings is 2. The fourth-order valence-electron chi connectivity index (χ4n) is 4.81. The van der Waals surface area contributed by atoms with Gasteiger partial charge in [0.25, 0.3) is 0 Å². The van der Waals surface area contributed by atoms with Crippen molar-refractivity contribution in [2.75, 3.05) is 0 Å². The van der Waals surface area contributed by atoms with E-state index < -0.39 is 5.41 Å². The second-order valence-electron chi connectivity index (χ2n) is 7.42. The molecule has 1 heterocycles. The van der Waals surface area contributed by atoms with Crippen molar-refractivity contribution < 1.29 is 0 Å². The number of aromatic nitrogens is 2. The van der Waals surface area contributed by atoms with E-state index in [4.69, 9.17) is 0 Å². The molecule has 0 N–H and O–H groups in total. The number of aryl methyl sites for hydroxylation is 1. The summed E-state index contributed by atoms with van der Waals surface area (Å²) in [6.07, 6.45) is 8.08. The van der Waals surface area contributed by atoms with Crippen LogP contribution in [0.4, 0.5) is 0 Å². The highest BCUT2D eigenvalue weighted by atomic mass is 15.1. The molecule has 1 aliphatic carbocycles. The van der Waals surface area contributed by atoms with Crippen LogP contribution in [0.25, 0.3) is 0 Å². The van der Waals surface area contributed by atoms with Crippen LogP contribution in [-0.2, 0) is 11.8 Å². The molecule has 0 saturated heterocycles. The normalized spacial score (nSPS) is 19.7. The van der Waals surface area contributed by atoms with Crippen molar-refractivity contribution in [2.45, 2.75) is 44.1 Å². The molecule has 3 heteroatoms. The number of hydrogen-bond acceptors (Lipinski definition) is 2. The largest absolute Gasteiger partial charge is 0.332 e. The van der Waals surface area contributed by atoms with Gasteiger partial charge in [-0.05, 0) is 36.3 Å². The molecule has 1 saturated carbocycles. The molecule has 2 aromatic carbocycles. The first kappa shape index (κ1) is 17.5. The van der Waals surface area contributed by atoms with Crippen LogP contribution < -0.4 is 0 Å². The summed E-state index contributed by atoms with van der Waals surface area (Å²) in [7, 11) is 0. The van der Waals surface area contributed by atoms with E-state index >= 15 is 0 Å². The van der Waals surface area contributed by atoms with Gasteiger partial charge in [-0.1, -0.05) is 67.6 Å². The summed E-state index contributed by atoms with van der Waals surface area (Å²) < 4.78 is 2.33. The van der Waals surface area contributed by atoms with Crippen LogP contribution in [0.2, 0.25) is 0 Å². The minimum absolute atomic E-state index is 0.282. The third-order valence-electron chi connectivity index (χ3n) is 6.11. The standard InChI is InChI=1S/C24H25N3/c1-2-23-26-15-16-27(23)22-14-13-21(17-22)24(18-25,19-9-5-3-6-10-19)20-11-7-4-8-12-20/h3-12,15-16,21-22H,2,13-14,17H2,1H3/t21-,22+/m0/s1. The molecule has 0 bridgehead atoms. The summed E-state index contributed by atoms with van der Waals surface area (Å²) in [5, 5.41) is 10.5. The Hall–Kier alpha value is -2.86. The Labute approximate surface area is 161 Å². The van der Waals surface area contributed by atoms with Gasteiger partial charge < -0.3 is 4.57 Å². The van der Waals surface area contributed by atoms with Crippen molar-refractivity contribution in [2.24, 2.45) is 5.92 Å². The summed E-state index contributed by atoms with van der Waals surface area (Å²) in [4.78, 5) is 4.50. The fourth-order valence-corrected chi connectivity index (χ4v) is 4.81. The van der Waals surface area contributed by atoms with Gasteiger partial charge in [0.15, 0.2) is 0 Å².